The molecule has 2 heterocycles. The third-order valence-corrected chi connectivity index (χ3v) is 4.58. The van der Waals surface area contributed by atoms with Crippen LogP contribution in [0.3, 0.4) is 0 Å². The van der Waals surface area contributed by atoms with Crippen molar-refractivity contribution in [2.75, 3.05) is 19.6 Å². The first-order valence-electron chi connectivity index (χ1n) is 6.94. The fraction of sp³-hybridized carbons (Fsp3) is 0.375. The molecule has 100 valence electrons. The average Bonchev–Trinajstić information content (AvgIpc) is 3.06. The third kappa shape index (κ3) is 3.44. The summed E-state index contributed by atoms with van der Waals surface area (Å²) in [6, 6.07) is 13.1. The van der Waals surface area contributed by atoms with E-state index in [0.717, 1.165) is 39.1 Å². The highest BCUT2D eigenvalue weighted by molar-refractivity contribution is 7.09. The second kappa shape index (κ2) is 6.33. The van der Waals surface area contributed by atoms with Crippen LogP contribution in [0.2, 0.25) is 0 Å². The van der Waals surface area contributed by atoms with Crippen LogP contribution in [0, 0.1) is 0 Å². The molecule has 0 fully saturated rings. The summed E-state index contributed by atoms with van der Waals surface area (Å²) in [5.74, 6) is 0. The highest BCUT2D eigenvalue weighted by atomic mass is 32.1. The van der Waals surface area contributed by atoms with Gasteiger partial charge in [-0.15, -0.1) is 11.3 Å². The Morgan fingerprint density at radius 3 is 2.47 bits per heavy atom. The number of hydrogen-bond acceptors (Lipinski definition) is 3. The third-order valence-electron chi connectivity index (χ3n) is 3.64. The van der Waals surface area contributed by atoms with Crippen LogP contribution in [0.15, 0.2) is 41.8 Å². The molecule has 3 heteroatoms. The minimum atomic E-state index is 1.08. The van der Waals surface area contributed by atoms with Crippen molar-refractivity contribution in [1.29, 1.82) is 0 Å². The predicted octanol–water partition coefficient (Wildman–Crippen LogP) is 2.90. The quantitative estimate of drug-likeness (QED) is 0.814. The Bertz CT molecular complexity index is 482. The summed E-state index contributed by atoms with van der Waals surface area (Å²) in [4.78, 5) is 3.99. The lowest BCUT2D eigenvalue weighted by Gasteiger charge is -2.14. The second-order valence-corrected chi connectivity index (χ2v) is 6.09. The van der Waals surface area contributed by atoms with Gasteiger partial charge in [0.2, 0.25) is 0 Å². The van der Waals surface area contributed by atoms with E-state index in [4.69, 9.17) is 0 Å². The minimum Gasteiger partial charge on any atom is -0.315 e. The number of nitrogens with zero attached hydrogens (tertiary/aromatic N) is 1. The van der Waals surface area contributed by atoms with Gasteiger partial charge in [-0.1, -0.05) is 30.3 Å². The summed E-state index contributed by atoms with van der Waals surface area (Å²) >= 11 is 1.85. The second-order valence-electron chi connectivity index (χ2n) is 5.06. The Morgan fingerprint density at radius 1 is 1.00 bits per heavy atom. The number of benzene rings is 1. The maximum atomic E-state index is 3.54. The Morgan fingerprint density at radius 2 is 1.79 bits per heavy atom. The van der Waals surface area contributed by atoms with E-state index >= 15 is 0 Å². The van der Waals surface area contributed by atoms with Crippen LogP contribution in [0.5, 0.6) is 0 Å². The number of fused-ring (bicyclic) bond motifs is 1. The summed E-state index contributed by atoms with van der Waals surface area (Å²) in [7, 11) is 0. The average molecular weight is 272 g/mol. The molecule has 0 aliphatic carbocycles. The molecule has 1 N–H and O–H groups in total. The van der Waals surface area contributed by atoms with Gasteiger partial charge in [0.05, 0.1) is 0 Å². The van der Waals surface area contributed by atoms with Gasteiger partial charge in [-0.05, 0) is 29.0 Å². The molecule has 0 atom stereocenters. The molecule has 2 nitrogen and oxygen atoms in total. The van der Waals surface area contributed by atoms with Gasteiger partial charge < -0.3 is 5.32 Å². The predicted molar refractivity (Wildman–Crippen MR) is 81.4 cm³/mol. The van der Waals surface area contributed by atoms with Crippen molar-refractivity contribution in [3.63, 3.8) is 0 Å². The smallest absolute Gasteiger partial charge is 0.0241 e. The van der Waals surface area contributed by atoms with Crippen molar-refractivity contribution in [1.82, 2.24) is 10.2 Å². The van der Waals surface area contributed by atoms with Gasteiger partial charge in [-0.2, -0.15) is 0 Å². The molecule has 0 spiro atoms. The summed E-state index contributed by atoms with van der Waals surface area (Å²) in [5, 5.41) is 5.69. The first-order valence-corrected chi connectivity index (χ1v) is 7.82. The van der Waals surface area contributed by atoms with Crippen LogP contribution in [0.25, 0.3) is 0 Å². The number of hydrogen-bond donors (Lipinski definition) is 1. The molecular formula is C16H20N2S. The zero-order chi connectivity index (χ0) is 12.9. The first-order chi connectivity index (χ1) is 9.42. The highest BCUT2D eigenvalue weighted by Crippen LogP contribution is 2.21. The van der Waals surface area contributed by atoms with Gasteiger partial charge in [-0.3, -0.25) is 4.90 Å². The first kappa shape index (κ1) is 12.9. The molecule has 1 aliphatic rings. The Hall–Kier alpha value is -1.16. The molecular weight excluding hydrogens is 252 g/mol. The van der Waals surface area contributed by atoms with Crippen molar-refractivity contribution in [3.05, 3.63) is 57.8 Å². The van der Waals surface area contributed by atoms with Crippen LogP contribution in [0.1, 0.15) is 16.0 Å². The molecule has 0 amide bonds. The van der Waals surface area contributed by atoms with E-state index in [1.165, 1.54) is 16.0 Å². The van der Waals surface area contributed by atoms with E-state index in [0.29, 0.717) is 0 Å². The van der Waals surface area contributed by atoms with Crippen LogP contribution in [0.4, 0.5) is 0 Å². The van der Waals surface area contributed by atoms with Gasteiger partial charge in [0.1, 0.15) is 0 Å². The van der Waals surface area contributed by atoms with Crippen LogP contribution in [-0.4, -0.2) is 24.5 Å². The molecule has 0 unspecified atom stereocenters. The lowest BCUT2D eigenvalue weighted by atomic mass is 10.1. The standard InChI is InChI=1S/C16H20N2S/c1-2-5-15-13-18(12-14(15)4-1)10-9-17-8-7-16-6-3-11-19-16/h1-6,11,17H,7-10,12-13H2. The van der Waals surface area contributed by atoms with Gasteiger partial charge in [0, 0.05) is 37.6 Å². The maximum absolute atomic E-state index is 3.54. The van der Waals surface area contributed by atoms with E-state index in [1.54, 1.807) is 0 Å². The summed E-state index contributed by atoms with van der Waals surface area (Å²) in [6.07, 6.45) is 1.15. The van der Waals surface area contributed by atoms with E-state index in [-0.39, 0.29) is 0 Å². The number of nitrogens with one attached hydrogen (secondary N) is 1. The molecule has 0 bridgehead atoms. The van der Waals surface area contributed by atoms with E-state index < -0.39 is 0 Å². The van der Waals surface area contributed by atoms with Crippen molar-refractivity contribution in [2.24, 2.45) is 0 Å². The largest absolute Gasteiger partial charge is 0.315 e. The van der Waals surface area contributed by atoms with Gasteiger partial charge in [0.25, 0.3) is 0 Å². The molecule has 19 heavy (non-hydrogen) atoms. The molecule has 0 saturated carbocycles. The van der Waals surface area contributed by atoms with Crippen molar-refractivity contribution >= 4 is 11.3 Å². The summed E-state index contributed by atoms with van der Waals surface area (Å²) in [6.45, 7) is 5.53. The highest BCUT2D eigenvalue weighted by Gasteiger charge is 2.16. The van der Waals surface area contributed by atoms with Gasteiger partial charge >= 0.3 is 0 Å². The lowest BCUT2D eigenvalue weighted by Crippen LogP contribution is -2.29. The minimum absolute atomic E-state index is 1.08. The molecule has 2 aromatic rings. The van der Waals surface area contributed by atoms with Crippen molar-refractivity contribution < 1.29 is 0 Å². The molecule has 3 rings (SSSR count). The van der Waals surface area contributed by atoms with E-state index in [9.17, 15) is 0 Å². The van der Waals surface area contributed by atoms with Crippen LogP contribution >= 0.6 is 11.3 Å². The van der Waals surface area contributed by atoms with Crippen LogP contribution in [-0.2, 0) is 19.5 Å². The number of rotatable bonds is 6. The molecule has 0 saturated heterocycles. The molecule has 0 radical (unpaired) electrons. The summed E-state index contributed by atoms with van der Waals surface area (Å²) in [5.41, 5.74) is 3.00. The molecule has 1 aromatic heterocycles. The summed E-state index contributed by atoms with van der Waals surface area (Å²) < 4.78 is 0. The zero-order valence-corrected chi connectivity index (χ0v) is 12.0. The normalized spacial score (nSPS) is 14.7. The zero-order valence-electron chi connectivity index (χ0n) is 11.1. The van der Waals surface area contributed by atoms with Gasteiger partial charge in [0.15, 0.2) is 0 Å². The van der Waals surface area contributed by atoms with E-state index in [1.807, 2.05) is 11.3 Å². The Labute approximate surface area is 119 Å². The number of thiophene rings is 1. The van der Waals surface area contributed by atoms with Crippen LogP contribution < -0.4 is 5.32 Å². The van der Waals surface area contributed by atoms with Crippen molar-refractivity contribution in [3.8, 4) is 0 Å². The Kier molecular flexibility index (Phi) is 4.28. The monoisotopic (exact) mass is 272 g/mol. The van der Waals surface area contributed by atoms with E-state index in [2.05, 4.69) is 52.0 Å². The fourth-order valence-electron chi connectivity index (χ4n) is 2.59. The molecule has 1 aliphatic heterocycles. The Balaban J connectivity index is 1.34. The topological polar surface area (TPSA) is 15.3 Å². The lowest BCUT2D eigenvalue weighted by molar-refractivity contribution is 0.283. The van der Waals surface area contributed by atoms with Crippen molar-refractivity contribution in [2.45, 2.75) is 19.5 Å². The fourth-order valence-corrected chi connectivity index (χ4v) is 3.30. The SMILES string of the molecule is c1csc(CCNCCN2Cc3ccccc3C2)c1. The molecule has 1 aromatic carbocycles. The van der Waals surface area contributed by atoms with Gasteiger partial charge in [-0.25, -0.2) is 0 Å². The maximum Gasteiger partial charge on any atom is 0.0241 e.